The smallest absolute Gasteiger partial charge is 0.260 e. The maximum absolute atomic E-state index is 12.5. The molecular weight excluding hydrogens is 328 g/mol. The van der Waals surface area contributed by atoms with Crippen LogP contribution in [0.1, 0.15) is 30.5 Å². The lowest BCUT2D eigenvalue weighted by Gasteiger charge is -2.28. The molecule has 6 heteroatoms. The summed E-state index contributed by atoms with van der Waals surface area (Å²) in [4.78, 5) is 23.3. The Kier molecular flexibility index (Phi) is 5.00. The van der Waals surface area contributed by atoms with Gasteiger partial charge in [0, 0.05) is 31.1 Å². The van der Waals surface area contributed by atoms with Crippen LogP contribution in [0.3, 0.4) is 0 Å². The van der Waals surface area contributed by atoms with Crippen molar-refractivity contribution in [3.05, 3.63) is 47.9 Å². The van der Waals surface area contributed by atoms with Gasteiger partial charge in [-0.05, 0) is 37.8 Å². The van der Waals surface area contributed by atoms with Crippen molar-refractivity contribution in [3.8, 4) is 5.75 Å². The van der Waals surface area contributed by atoms with E-state index in [4.69, 9.17) is 4.74 Å². The number of carbonyl (C=O) groups is 1. The molecule has 2 aromatic rings. The molecular formula is C20H24N4O2. The van der Waals surface area contributed by atoms with Gasteiger partial charge in [0.25, 0.3) is 5.91 Å². The second-order valence-corrected chi connectivity index (χ2v) is 6.90. The fourth-order valence-electron chi connectivity index (χ4n) is 3.40. The molecule has 1 aromatic heterocycles. The molecule has 0 radical (unpaired) electrons. The third-order valence-corrected chi connectivity index (χ3v) is 5.19. The molecule has 0 atom stereocenters. The highest BCUT2D eigenvalue weighted by molar-refractivity contribution is 5.78. The Morgan fingerprint density at radius 1 is 1.15 bits per heavy atom. The minimum absolute atomic E-state index is 0.0168. The Hall–Kier alpha value is -2.63. The number of rotatable bonds is 5. The van der Waals surface area contributed by atoms with Crippen LogP contribution in [-0.2, 0) is 17.6 Å². The van der Waals surface area contributed by atoms with Gasteiger partial charge in [0.15, 0.2) is 6.61 Å². The zero-order chi connectivity index (χ0) is 17.8. The molecule has 2 heterocycles. The fourth-order valence-corrected chi connectivity index (χ4v) is 3.40. The summed E-state index contributed by atoms with van der Waals surface area (Å²) in [7, 11) is 0. The summed E-state index contributed by atoms with van der Waals surface area (Å²) in [6.07, 6.45) is 6.88. The molecule has 1 saturated carbocycles. The van der Waals surface area contributed by atoms with Crippen molar-refractivity contribution in [1.29, 1.82) is 0 Å². The summed E-state index contributed by atoms with van der Waals surface area (Å²) >= 11 is 0. The fraction of sp³-hybridized carbons (Fsp3) is 0.450. The molecule has 136 valence electrons. The van der Waals surface area contributed by atoms with Crippen molar-refractivity contribution in [3.63, 3.8) is 0 Å². The Balaban J connectivity index is 1.38. The Labute approximate surface area is 153 Å². The third-order valence-electron chi connectivity index (χ3n) is 5.19. The summed E-state index contributed by atoms with van der Waals surface area (Å²) in [5, 5.41) is 3.55. The van der Waals surface area contributed by atoms with Gasteiger partial charge in [-0.3, -0.25) is 4.79 Å². The number of amides is 1. The van der Waals surface area contributed by atoms with Crippen molar-refractivity contribution in [2.24, 2.45) is 0 Å². The average molecular weight is 352 g/mol. The van der Waals surface area contributed by atoms with E-state index in [9.17, 15) is 4.79 Å². The molecule has 1 aromatic carbocycles. The van der Waals surface area contributed by atoms with Crippen LogP contribution >= 0.6 is 0 Å². The first-order valence-corrected chi connectivity index (χ1v) is 9.34. The lowest BCUT2D eigenvalue weighted by molar-refractivity contribution is -0.133. The molecule has 26 heavy (non-hydrogen) atoms. The number of aromatic nitrogens is 2. The second-order valence-electron chi connectivity index (χ2n) is 6.90. The van der Waals surface area contributed by atoms with Gasteiger partial charge in [-0.15, -0.1) is 0 Å². The van der Waals surface area contributed by atoms with Crippen molar-refractivity contribution < 1.29 is 9.53 Å². The molecule has 1 fully saturated rings. The van der Waals surface area contributed by atoms with Crippen LogP contribution in [0.4, 0.5) is 5.82 Å². The largest absolute Gasteiger partial charge is 0.484 e. The number of anilines is 1. The Morgan fingerprint density at radius 2 is 1.96 bits per heavy atom. The number of fused-ring (bicyclic) bond motifs is 1. The highest BCUT2D eigenvalue weighted by Gasteiger charge is 2.24. The van der Waals surface area contributed by atoms with E-state index in [0.717, 1.165) is 30.1 Å². The Bertz CT molecular complexity index is 762. The molecule has 4 rings (SSSR count). The summed E-state index contributed by atoms with van der Waals surface area (Å²) in [5.74, 6) is 1.69. The summed E-state index contributed by atoms with van der Waals surface area (Å²) < 4.78 is 5.61. The van der Waals surface area contributed by atoms with E-state index in [1.54, 1.807) is 6.33 Å². The summed E-state index contributed by atoms with van der Waals surface area (Å²) in [6, 6.07) is 9.99. The molecule has 0 saturated heterocycles. The van der Waals surface area contributed by atoms with Gasteiger partial charge < -0.3 is 15.0 Å². The molecule has 0 unspecified atom stereocenters. The number of ether oxygens (including phenoxy) is 1. The number of carbonyl (C=O) groups excluding carboxylic acids is 1. The topological polar surface area (TPSA) is 67.3 Å². The van der Waals surface area contributed by atoms with Crippen LogP contribution in [0.25, 0.3) is 0 Å². The average Bonchev–Trinajstić information content (AvgIpc) is 2.87. The first-order valence-electron chi connectivity index (χ1n) is 9.34. The van der Waals surface area contributed by atoms with Crippen LogP contribution in [-0.4, -0.2) is 46.5 Å². The normalized spacial score (nSPS) is 17.0. The van der Waals surface area contributed by atoms with Crippen molar-refractivity contribution >= 4 is 11.7 Å². The van der Waals surface area contributed by atoms with Gasteiger partial charge in [-0.2, -0.15) is 0 Å². The number of benzene rings is 1. The first kappa shape index (κ1) is 16.8. The molecule has 1 aliphatic carbocycles. The maximum atomic E-state index is 12.5. The molecule has 2 aliphatic rings. The van der Waals surface area contributed by atoms with Gasteiger partial charge in [-0.25, -0.2) is 9.97 Å². The zero-order valence-corrected chi connectivity index (χ0v) is 14.9. The number of nitrogens with zero attached hydrogens (tertiary/aromatic N) is 3. The standard InChI is InChI=1S/C20H24N4O2/c25-19(13-26-16-7-2-1-3-8-16)24-11-9-17-18(10-12-24)21-14-22-20(17)23-15-5-4-6-15/h1-3,7-8,14-15H,4-6,9-13H2,(H,21,22,23). The van der Waals surface area contributed by atoms with Crippen LogP contribution in [0, 0.1) is 0 Å². The lowest BCUT2D eigenvalue weighted by Crippen LogP contribution is -2.36. The van der Waals surface area contributed by atoms with E-state index in [2.05, 4.69) is 15.3 Å². The molecule has 1 aliphatic heterocycles. The van der Waals surface area contributed by atoms with Gasteiger partial charge in [0.2, 0.25) is 0 Å². The maximum Gasteiger partial charge on any atom is 0.260 e. The molecule has 0 bridgehead atoms. The SMILES string of the molecule is O=C(COc1ccccc1)N1CCc2ncnc(NC3CCC3)c2CC1. The number of hydrogen-bond acceptors (Lipinski definition) is 5. The third kappa shape index (κ3) is 3.79. The number of para-hydroxylation sites is 1. The van der Waals surface area contributed by atoms with Crippen molar-refractivity contribution in [2.75, 3.05) is 25.0 Å². The van der Waals surface area contributed by atoms with E-state index in [0.29, 0.717) is 19.1 Å². The van der Waals surface area contributed by atoms with Crippen LogP contribution < -0.4 is 10.1 Å². The highest BCUT2D eigenvalue weighted by Crippen LogP contribution is 2.26. The van der Waals surface area contributed by atoms with E-state index in [1.165, 1.54) is 24.8 Å². The highest BCUT2D eigenvalue weighted by atomic mass is 16.5. The van der Waals surface area contributed by atoms with E-state index in [1.807, 2.05) is 35.2 Å². The van der Waals surface area contributed by atoms with E-state index in [-0.39, 0.29) is 12.5 Å². The van der Waals surface area contributed by atoms with Gasteiger partial charge in [0.05, 0.1) is 5.69 Å². The van der Waals surface area contributed by atoms with E-state index < -0.39 is 0 Å². The molecule has 1 N–H and O–H groups in total. The Morgan fingerprint density at radius 3 is 2.73 bits per heavy atom. The lowest BCUT2D eigenvalue weighted by atomic mass is 9.93. The number of nitrogens with one attached hydrogen (secondary N) is 1. The summed E-state index contributed by atoms with van der Waals surface area (Å²) in [5.41, 5.74) is 2.22. The minimum atomic E-state index is 0.0168. The summed E-state index contributed by atoms with van der Waals surface area (Å²) in [6.45, 7) is 1.42. The number of hydrogen-bond donors (Lipinski definition) is 1. The second kappa shape index (κ2) is 7.72. The van der Waals surface area contributed by atoms with Crippen LogP contribution in [0.15, 0.2) is 36.7 Å². The zero-order valence-electron chi connectivity index (χ0n) is 14.9. The predicted molar refractivity (Wildman–Crippen MR) is 99.2 cm³/mol. The monoisotopic (exact) mass is 352 g/mol. The van der Waals surface area contributed by atoms with Gasteiger partial charge in [-0.1, -0.05) is 18.2 Å². The predicted octanol–water partition coefficient (Wildman–Crippen LogP) is 2.45. The van der Waals surface area contributed by atoms with Gasteiger partial charge in [0.1, 0.15) is 17.9 Å². The van der Waals surface area contributed by atoms with Crippen LogP contribution in [0.2, 0.25) is 0 Å². The van der Waals surface area contributed by atoms with Crippen molar-refractivity contribution in [2.45, 2.75) is 38.1 Å². The first-order chi connectivity index (χ1) is 12.8. The molecule has 6 nitrogen and oxygen atoms in total. The van der Waals surface area contributed by atoms with Crippen molar-refractivity contribution in [1.82, 2.24) is 14.9 Å². The van der Waals surface area contributed by atoms with Gasteiger partial charge >= 0.3 is 0 Å². The van der Waals surface area contributed by atoms with E-state index >= 15 is 0 Å². The quantitative estimate of drug-likeness (QED) is 0.895. The molecule has 0 spiro atoms. The molecule has 1 amide bonds. The minimum Gasteiger partial charge on any atom is -0.484 e. The van der Waals surface area contributed by atoms with Crippen LogP contribution in [0.5, 0.6) is 5.75 Å².